The van der Waals surface area contributed by atoms with Gasteiger partial charge in [-0.1, -0.05) is 19.1 Å². The summed E-state index contributed by atoms with van der Waals surface area (Å²) >= 11 is 0. The molecule has 8 nitrogen and oxygen atoms in total. The molecule has 156 valence electrons. The number of hydrogen-bond donors (Lipinski definition) is 4. The molecule has 2 aromatic rings. The Morgan fingerprint density at radius 1 is 1.24 bits per heavy atom. The number of carbonyl (C=O) groups is 1. The van der Waals surface area contributed by atoms with Crippen LogP contribution in [0.2, 0.25) is 0 Å². The lowest BCUT2D eigenvalue weighted by Crippen LogP contribution is -2.44. The van der Waals surface area contributed by atoms with Crippen LogP contribution in [0.5, 0.6) is 5.75 Å². The van der Waals surface area contributed by atoms with E-state index in [2.05, 4.69) is 20.9 Å². The second-order valence-electron chi connectivity index (χ2n) is 6.52. The number of halogens is 1. The summed E-state index contributed by atoms with van der Waals surface area (Å²) in [6, 6.07) is 10.3. The van der Waals surface area contributed by atoms with Crippen LogP contribution in [0, 0.1) is 5.82 Å². The fraction of sp³-hybridized carbons (Fsp3) is 0.316. The van der Waals surface area contributed by atoms with E-state index in [-0.39, 0.29) is 34.6 Å². The molecular formula is C19H23FN4O4S. The maximum Gasteiger partial charge on any atom is 0.252 e. The van der Waals surface area contributed by atoms with Gasteiger partial charge in [0.1, 0.15) is 16.5 Å². The van der Waals surface area contributed by atoms with Crippen molar-refractivity contribution in [2.24, 2.45) is 0 Å². The Kier molecular flexibility index (Phi) is 6.48. The highest BCUT2D eigenvalue weighted by atomic mass is 32.2. The molecule has 1 saturated heterocycles. The van der Waals surface area contributed by atoms with Gasteiger partial charge >= 0.3 is 0 Å². The summed E-state index contributed by atoms with van der Waals surface area (Å²) in [5, 5.41) is 2.80. The van der Waals surface area contributed by atoms with Crippen molar-refractivity contribution < 1.29 is 22.3 Å². The van der Waals surface area contributed by atoms with Crippen molar-refractivity contribution in [2.45, 2.75) is 30.4 Å². The van der Waals surface area contributed by atoms with Crippen molar-refractivity contribution in [3.8, 4) is 5.75 Å². The Labute approximate surface area is 168 Å². The number of sulfonamides is 1. The Bertz CT molecular complexity index is 999. The third kappa shape index (κ3) is 4.91. The van der Waals surface area contributed by atoms with E-state index in [0.717, 1.165) is 5.56 Å². The number of benzene rings is 2. The molecule has 0 aromatic heterocycles. The lowest BCUT2D eigenvalue weighted by molar-refractivity contribution is 0.0932. The Balaban J connectivity index is 1.73. The molecule has 2 aromatic carbocycles. The number of rotatable bonds is 7. The van der Waals surface area contributed by atoms with E-state index < -0.39 is 22.1 Å². The van der Waals surface area contributed by atoms with Gasteiger partial charge in [-0.05, 0) is 35.9 Å². The first kappa shape index (κ1) is 21.2. The molecule has 0 saturated carbocycles. The molecular weight excluding hydrogens is 399 g/mol. The van der Waals surface area contributed by atoms with Crippen molar-refractivity contribution in [1.82, 2.24) is 20.9 Å². The van der Waals surface area contributed by atoms with Gasteiger partial charge in [-0.3, -0.25) is 4.79 Å². The third-order valence-electron chi connectivity index (χ3n) is 4.51. The molecule has 1 heterocycles. The van der Waals surface area contributed by atoms with Gasteiger partial charge in [0.25, 0.3) is 5.91 Å². The first-order valence-electron chi connectivity index (χ1n) is 9.09. The number of hydrazine groups is 1. The van der Waals surface area contributed by atoms with Crippen LogP contribution in [0.3, 0.4) is 0 Å². The fourth-order valence-electron chi connectivity index (χ4n) is 3.13. The summed E-state index contributed by atoms with van der Waals surface area (Å²) in [4.78, 5) is 12.5. The average Bonchev–Trinajstić information content (AvgIpc) is 3.16. The third-order valence-corrected chi connectivity index (χ3v) is 6.08. The monoisotopic (exact) mass is 422 g/mol. The first-order chi connectivity index (χ1) is 13.8. The maximum absolute atomic E-state index is 13.4. The molecule has 1 aliphatic rings. The van der Waals surface area contributed by atoms with Crippen LogP contribution in [0.25, 0.3) is 0 Å². The smallest absolute Gasteiger partial charge is 0.252 e. The quantitative estimate of drug-likeness (QED) is 0.538. The van der Waals surface area contributed by atoms with Crippen LogP contribution >= 0.6 is 0 Å². The molecule has 0 radical (unpaired) electrons. The summed E-state index contributed by atoms with van der Waals surface area (Å²) in [6.07, 6.45) is 0.0835. The van der Waals surface area contributed by atoms with Gasteiger partial charge in [0.15, 0.2) is 0 Å². The summed E-state index contributed by atoms with van der Waals surface area (Å²) in [5.41, 5.74) is 6.91. The van der Waals surface area contributed by atoms with Crippen LogP contribution in [-0.4, -0.2) is 34.1 Å². The molecule has 29 heavy (non-hydrogen) atoms. The SMILES string of the molecule is CCNS(=O)(=O)c1cc(C(=O)NC2CC(c3cccc(F)c3)NN2)ccc1OC. The number of methoxy groups -OCH3 is 1. The van der Waals surface area contributed by atoms with E-state index in [1.165, 1.54) is 37.4 Å². The van der Waals surface area contributed by atoms with Gasteiger partial charge in [0.2, 0.25) is 10.0 Å². The zero-order valence-corrected chi connectivity index (χ0v) is 16.8. The molecule has 10 heteroatoms. The second-order valence-corrected chi connectivity index (χ2v) is 8.26. The minimum atomic E-state index is -3.80. The molecule has 0 bridgehead atoms. The van der Waals surface area contributed by atoms with Crippen LogP contribution in [-0.2, 0) is 10.0 Å². The molecule has 1 aliphatic heterocycles. The van der Waals surface area contributed by atoms with E-state index in [9.17, 15) is 17.6 Å². The lowest BCUT2D eigenvalue weighted by atomic mass is 10.0. The summed E-state index contributed by atoms with van der Waals surface area (Å²) < 4.78 is 45.7. The second kappa shape index (κ2) is 8.87. The number of carbonyl (C=O) groups excluding carboxylic acids is 1. The van der Waals surface area contributed by atoms with Gasteiger partial charge in [-0.15, -0.1) is 0 Å². The zero-order chi connectivity index (χ0) is 21.0. The van der Waals surface area contributed by atoms with Crippen molar-refractivity contribution in [2.75, 3.05) is 13.7 Å². The van der Waals surface area contributed by atoms with Crippen LogP contribution in [0.15, 0.2) is 47.4 Å². The van der Waals surface area contributed by atoms with Gasteiger partial charge in [-0.25, -0.2) is 28.4 Å². The number of ether oxygens (including phenoxy) is 1. The van der Waals surface area contributed by atoms with Gasteiger partial charge in [0.05, 0.1) is 13.3 Å². The Hall–Kier alpha value is -2.53. The molecule has 4 N–H and O–H groups in total. The minimum Gasteiger partial charge on any atom is -0.495 e. The first-order valence-corrected chi connectivity index (χ1v) is 10.6. The summed E-state index contributed by atoms with van der Waals surface area (Å²) in [7, 11) is -2.44. The zero-order valence-electron chi connectivity index (χ0n) is 16.0. The predicted molar refractivity (Wildman–Crippen MR) is 105 cm³/mol. The normalized spacial score (nSPS) is 19.1. The highest BCUT2D eigenvalue weighted by Crippen LogP contribution is 2.25. The molecule has 2 unspecified atom stereocenters. The van der Waals surface area contributed by atoms with Crippen LogP contribution in [0.1, 0.15) is 35.3 Å². The predicted octanol–water partition coefficient (Wildman–Crippen LogP) is 1.43. The number of nitrogens with one attached hydrogen (secondary N) is 4. The summed E-state index contributed by atoms with van der Waals surface area (Å²) in [5.74, 6) is -0.626. The Morgan fingerprint density at radius 3 is 2.72 bits per heavy atom. The van der Waals surface area contributed by atoms with E-state index >= 15 is 0 Å². The number of amides is 1. The lowest BCUT2D eigenvalue weighted by Gasteiger charge is -2.14. The van der Waals surface area contributed by atoms with Crippen molar-refractivity contribution in [3.63, 3.8) is 0 Å². The molecule has 3 rings (SSSR count). The maximum atomic E-state index is 13.4. The van der Waals surface area contributed by atoms with Gasteiger partial charge in [0, 0.05) is 24.6 Å². The van der Waals surface area contributed by atoms with Crippen LogP contribution < -0.4 is 25.6 Å². The molecule has 2 atom stereocenters. The standard InChI is InChI=1S/C19H23FN4O4S/c1-3-21-29(26,27)17-10-13(7-8-16(17)28-2)19(25)22-18-11-15(23-24-18)12-5-4-6-14(20)9-12/h4-10,15,18,21,23-24H,3,11H2,1-2H3,(H,22,25). The average molecular weight is 422 g/mol. The highest BCUT2D eigenvalue weighted by molar-refractivity contribution is 7.89. The minimum absolute atomic E-state index is 0.107. The van der Waals surface area contributed by atoms with E-state index in [1.807, 2.05) is 0 Å². The topological polar surface area (TPSA) is 109 Å². The van der Waals surface area contributed by atoms with E-state index in [1.54, 1.807) is 19.1 Å². The Morgan fingerprint density at radius 2 is 2.03 bits per heavy atom. The highest BCUT2D eigenvalue weighted by Gasteiger charge is 2.27. The molecule has 1 fully saturated rings. The van der Waals surface area contributed by atoms with Crippen molar-refractivity contribution >= 4 is 15.9 Å². The largest absolute Gasteiger partial charge is 0.495 e. The van der Waals surface area contributed by atoms with E-state index in [4.69, 9.17) is 4.74 Å². The molecule has 0 aliphatic carbocycles. The fourth-order valence-corrected chi connectivity index (χ4v) is 4.36. The van der Waals surface area contributed by atoms with Crippen molar-refractivity contribution in [3.05, 3.63) is 59.4 Å². The number of hydrogen-bond acceptors (Lipinski definition) is 6. The van der Waals surface area contributed by atoms with Gasteiger partial charge < -0.3 is 10.1 Å². The van der Waals surface area contributed by atoms with Gasteiger partial charge in [-0.2, -0.15) is 0 Å². The summed E-state index contributed by atoms with van der Waals surface area (Å²) in [6.45, 7) is 1.87. The van der Waals surface area contributed by atoms with Crippen molar-refractivity contribution in [1.29, 1.82) is 0 Å². The van der Waals surface area contributed by atoms with Crippen LogP contribution in [0.4, 0.5) is 4.39 Å². The van der Waals surface area contributed by atoms with E-state index in [0.29, 0.717) is 6.42 Å². The molecule has 1 amide bonds. The molecule has 0 spiro atoms.